The summed E-state index contributed by atoms with van der Waals surface area (Å²) in [6, 6.07) is 10.6. The van der Waals surface area contributed by atoms with E-state index in [-0.39, 0.29) is 12.1 Å². The third kappa shape index (κ3) is 3.81. The fourth-order valence-electron chi connectivity index (χ4n) is 1.82. The van der Waals surface area contributed by atoms with E-state index in [1.54, 1.807) is 0 Å². The molecule has 0 aliphatic carbocycles. The van der Waals surface area contributed by atoms with Crippen molar-refractivity contribution in [3.05, 3.63) is 59.4 Å². The zero-order valence-corrected chi connectivity index (χ0v) is 12.4. The predicted molar refractivity (Wildman–Crippen MR) is 78.1 cm³/mol. The molecule has 0 amide bonds. The van der Waals surface area contributed by atoms with Crippen LogP contribution in [0.3, 0.4) is 0 Å². The smallest absolute Gasteiger partial charge is 0.341 e. The van der Waals surface area contributed by atoms with Crippen molar-refractivity contribution < 1.29 is 21.6 Å². The normalized spacial score (nSPS) is 11.3. The second-order valence-corrected chi connectivity index (χ2v) is 6.52. The highest BCUT2D eigenvalue weighted by molar-refractivity contribution is 7.91. The third-order valence-electron chi connectivity index (χ3n) is 3.08. The summed E-state index contributed by atoms with van der Waals surface area (Å²) in [7, 11) is -4.63. The monoisotopic (exact) mass is 340 g/mol. The van der Waals surface area contributed by atoms with Gasteiger partial charge in [0.1, 0.15) is 5.82 Å². The molecule has 0 aromatic heterocycles. The van der Waals surface area contributed by atoms with Crippen molar-refractivity contribution in [2.45, 2.75) is 17.2 Å². The largest absolute Gasteiger partial charge is 0.381 e. The molecule has 2 rings (SSSR count). The van der Waals surface area contributed by atoms with Crippen LogP contribution in [0.5, 0.6) is 0 Å². The molecule has 2 aromatic carbocycles. The molecule has 8 heteroatoms. The standard InChI is InChI=1S/C15H11F3N2O2S/c16-14-7-10(8-19)1-2-11(14)9-20-12-3-5-13(6-4-12)23(21,22)15(17)18/h1-7,15,20H,9H2. The second kappa shape index (κ2) is 6.71. The van der Waals surface area contributed by atoms with Crippen molar-refractivity contribution in [2.75, 3.05) is 5.32 Å². The summed E-state index contributed by atoms with van der Waals surface area (Å²) in [4.78, 5) is -0.484. The molecule has 0 unspecified atom stereocenters. The zero-order valence-electron chi connectivity index (χ0n) is 11.6. The molecule has 0 saturated heterocycles. The zero-order chi connectivity index (χ0) is 17.0. The first-order chi connectivity index (χ1) is 10.8. The fraction of sp³-hybridized carbons (Fsp3) is 0.133. The first kappa shape index (κ1) is 16.8. The van der Waals surface area contributed by atoms with Crippen LogP contribution < -0.4 is 5.32 Å². The lowest BCUT2D eigenvalue weighted by Gasteiger charge is -2.09. The van der Waals surface area contributed by atoms with Crippen molar-refractivity contribution >= 4 is 15.5 Å². The summed E-state index contributed by atoms with van der Waals surface area (Å²) in [6.45, 7) is 0.0957. The van der Waals surface area contributed by atoms with E-state index < -0.39 is 26.3 Å². The highest BCUT2D eigenvalue weighted by atomic mass is 32.2. The van der Waals surface area contributed by atoms with Gasteiger partial charge < -0.3 is 5.32 Å². The topological polar surface area (TPSA) is 70.0 Å². The Balaban J connectivity index is 2.09. The number of sulfone groups is 1. The lowest BCUT2D eigenvalue weighted by Crippen LogP contribution is -2.11. The van der Waals surface area contributed by atoms with Gasteiger partial charge in [0, 0.05) is 17.8 Å². The van der Waals surface area contributed by atoms with Gasteiger partial charge in [0.2, 0.25) is 9.84 Å². The van der Waals surface area contributed by atoms with Crippen LogP contribution in [-0.2, 0) is 16.4 Å². The van der Waals surface area contributed by atoms with Crippen molar-refractivity contribution in [1.82, 2.24) is 0 Å². The number of halogens is 3. The van der Waals surface area contributed by atoms with E-state index in [1.807, 2.05) is 6.07 Å². The summed E-state index contributed by atoms with van der Waals surface area (Å²) in [6.07, 6.45) is 0. The Bertz CT molecular complexity index is 844. The van der Waals surface area contributed by atoms with Gasteiger partial charge in [0.15, 0.2) is 0 Å². The van der Waals surface area contributed by atoms with Gasteiger partial charge in [-0.25, -0.2) is 12.8 Å². The van der Waals surface area contributed by atoms with Gasteiger partial charge in [-0.05, 0) is 36.4 Å². The minimum Gasteiger partial charge on any atom is -0.381 e. The second-order valence-electron chi connectivity index (χ2n) is 4.60. The van der Waals surface area contributed by atoms with Gasteiger partial charge in [-0.2, -0.15) is 14.0 Å². The molecule has 0 radical (unpaired) electrons. The Kier molecular flexibility index (Phi) is 4.91. The number of hydrogen-bond donors (Lipinski definition) is 1. The predicted octanol–water partition coefficient (Wildman–Crippen LogP) is 3.31. The Hall–Kier alpha value is -2.53. The van der Waals surface area contributed by atoms with E-state index in [1.165, 1.54) is 24.3 Å². The molecule has 0 saturated carbocycles. The van der Waals surface area contributed by atoms with Gasteiger partial charge in [0.05, 0.1) is 16.5 Å². The average molecular weight is 340 g/mol. The quantitative estimate of drug-likeness (QED) is 0.907. The number of rotatable bonds is 5. The summed E-state index contributed by atoms with van der Waals surface area (Å²) in [5.41, 5.74) is 0.961. The summed E-state index contributed by atoms with van der Waals surface area (Å²) in [5.74, 6) is -4.03. The molecule has 0 aliphatic heterocycles. The molecular weight excluding hydrogens is 329 g/mol. The Labute approximate surface area is 131 Å². The lowest BCUT2D eigenvalue weighted by molar-refractivity contribution is 0.234. The van der Waals surface area contributed by atoms with Gasteiger partial charge in [-0.15, -0.1) is 0 Å². The van der Waals surface area contributed by atoms with Crippen LogP contribution in [0.1, 0.15) is 11.1 Å². The van der Waals surface area contributed by atoms with Crippen molar-refractivity contribution in [2.24, 2.45) is 0 Å². The number of benzene rings is 2. The molecule has 4 nitrogen and oxygen atoms in total. The third-order valence-corrected chi connectivity index (χ3v) is 4.48. The molecule has 0 fully saturated rings. The van der Waals surface area contributed by atoms with Gasteiger partial charge in [-0.1, -0.05) is 6.07 Å². The van der Waals surface area contributed by atoms with Crippen LogP contribution >= 0.6 is 0 Å². The maximum atomic E-state index is 13.7. The van der Waals surface area contributed by atoms with Gasteiger partial charge in [0.25, 0.3) is 0 Å². The van der Waals surface area contributed by atoms with Crippen LogP contribution in [0.2, 0.25) is 0 Å². The van der Waals surface area contributed by atoms with Crippen molar-refractivity contribution in [3.8, 4) is 6.07 Å². The molecule has 0 heterocycles. The Morgan fingerprint density at radius 1 is 1.13 bits per heavy atom. The molecule has 2 aromatic rings. The first-order valence-electron chi connectivity index (χ1n) is 6.39. The number of hydrogen-bond acceptors (Lipinski definition) is 4. The number of anilines is 1. The number of alkyl halides is 2. The highest BCUT2D eigenvalue weighted by Gasteiger charge is 2.26. The molecule has 120 valence electrons. The van der Waals surface area contributed by atoms with Crippen LogP contribution in [0.4, 0.5) is 18.9 Å². The maximum absolute atomic E-state index is 13.7. The first-order valence-corrected chi connectivity index (χ1v) is 7.94. The SMILES string of the molecule is N#Cc1ccc(CNc2ccc(S(=O)(=O)C(F)F)cc2)c(F)c1. The van der Waals surface area contributed by atoms with E-state index >= 15 is 0 Å². The van der Waals surface area contributed by atoms with Crippen LogP contribution in [0, 0.1) is 17.1 Å². The minimum atomic E-state index is -4.63. The van der Waals surface area contributed by atoms with E-state index in [9.17, 15) is 21.6 Å². The Morgan fingerprint density at radius 2 is 1.78 bits per heavy atom. The van der Waals surface area contributed by atoms with Gasteiger partial charge >= 0.3 is 5.76 Å². The maximum Gasteiger partial charge on any atom is 0.341 e. The summed E-state index contributed by atoms with van der Waals surface area (Å²) < 4.78 is 61.1. The highest BCUT2D eigenvalue weighted by Crippen LogP contribution is 2.21. The molecule has 1 N–H and O–H groups in total. The molecule has 0 aliphatic rings. The van der Waals surface area contributed by atoms with Gasteiger partial charge in [-0.3, -0.25) is 0 Å². The molecule has 0 bridgehead atoms. The molecule has 0 atom stereocenters. The van der Waals surface area contributed by atoms with Crippen LogP contribution in [0.25, 0.3) is 0 Å². The van der Waals surface area contributed by atoms with E-state index in [2.05, 4.69) is 5.32 Å². The van der Waals surface area contributed by atoms with Crippen LogP contribution in [-0.4, -0.2) is 14.2 Å². The number of nitrogens with zero attached hydrogens (tertiary/aromatic N) is 1. The fourth-order valence-corrected chi connectivity index (χ4v) is 2.54. The van der Waals surface area contributed by atoms with E-state index in [4.69, 9.17) is 5.26 Å². The van der Waals surface area contributed by atoms with Crippen LogP contribution in [0.15, 0.2) is 47.4 Å². The number of nitrogens with one attached hydrogen (secondary N) is 1. The Morgan fingerprint density at radius 3 is 2.30 bits per heavy atom. The lowest BCUT2D eigenvalue weighted by atomic mass is 10.1. The average Bonchev–Trinajstić information content (AvgIpc) is 2.53. The van der Waals surface area contributed by atoms with E-state index in [0.717, 1.165) is 18.2 Å². The molecule has 23 heavy (non-hydrogen) atoms. The van der Waals surface area contributed by atoms with Crippen molar-refractivity contribution in [3.63, 3.8) is 0 Å². The van der Waals surface area contributed by atoms with E-state index in [0.29, 0.717) is 11.3 Å². The van der Waals surface area contributed by atoms with Crippen molar-refractivity contribution in [1.29, 1.82) is 5.26 Å². The minimum absolute atomic E-state index is 0.0957. The molecule has 0 spiro atoms. The summed E-state index contributed by atoms with van der Waals surface area (Å²) >= 11 is 0. The summed E-state index contributed by atoms with van der Waals surface area (Å²) in [5, 5.41) is 11.5. The molecular formula is C15H11F3N2O2S. The number of nitriles is 1.